The minimum atomic E-state index is 0.113. The van der Waals surface area contributed by atoms with E-state index < -0.39 is 0 Å². The zero-order valence-electron chi connectivity index (χ0n) is 12.5. The van der Waals surface area contributed by atoms with E-state index in [1.807, 2.05) is 47.0 Å². The van der Waals surface area contributed by atoms with Crippen molar-refractivity contribution in [1.29, 1.82) is 5.53 Å². The van der Waals surface area contributed by atoms with Crippen LogP contribution in [-0.2, 0) is 6.54 Å². The van der Waals surface area contributed by atoms with Gasteiger partial charge in [-0.25, -0.2) is 5.53 Å². The van der Waals surface area contributed by atoms with E-state index in [9.17, 15) is 5.11 Å². The lowest BCUT2D eigenvalue weighted by Crippen LogP contribution is -1.98. The lowest BCUT2D eigenvalue weighted by molar-refractivity contribution is 0.430. The van der Waals surface area contributed by atoms with Gasteiger partial charge >= 0.3 is 0 Å². The smallest absolute Gasteiger partial charge is 0.203 e. The highest BCUT2D eigenvalue weighted by atomic mass is 32.1. The van der Waals surface area contributed by atoms with Crippen LogP contribution in [0.2, 0.25) is 0 Å². The first-order valence-electron chi connectivity index (χ1n) is 7.31. The molecule has 0 aliphatic carbocycles. The van der Waals surface area contributed by atoms with E-state index in [0.717, 1.165) is 16.5 Å². The fraction of sp³-hybridized carbons (Fsp3) is 0.0588. The topological polar surface area (TPSA) is 87.2 Å². The highest BCUT2D eigenvalue weighted by molar-refractivity contribution is 7.12. The first-order valence-corrected chi connectivity index (χ1v) is 8.19. The number of fused-ring (bicyclic) bond motifs is 1. The number of benzene rings is 2. The second-order valence-corrected chi connectivity index (χ2v) is 6.13. The Hall–Kier alpha value is -3.06. The first-order chi connectivity index (χ1) is 11.8. The van der Waals surface area contributed by atoms with Crippen molar-refractivity contribution in [1.82, 2.24) is 14.8 Å². The van der Waals surface area contributed by atoms with Crippen LogP contribution in [0.1, 0.15) is 5.56 Å². The van der Waals surface area contributed by atoms with Gasteiger partial charge in [-0.2, -0.15) is 5.11 Å². The molecule has 2 heterocycles. The summed E-state index contributed by atoms with van der Waals surface area (Å²) >= 11 is 1.35. The van der Waals surface area contributed by atoms with Gasteiger partial charge in [0.25, 0.3) is 0 Å². The van der Waals surface area contributed by atoms with Gasteiger partial charge in [-0.15, -0.1) is 10.2 Å². The molecule has 2 aromatic carbocycles. The molecule has 0 saturated carbocycles. The van der Waals surface area contributed by atoms with Crippen LogP contribution >= 0.6 is 11.3 Å². The van der Waals surface area contributed by atoms with Crippen LogP contribution in [0.4, 0.5) is 5.69 Å². The summed E-state index contributed by atoms with van der Waals surface area (Å²) in [6.45, 7) is 0.517. The van der Waals surface area contributed by atoms with Crippen molar-refractivity contribution in [2.45, 2.75) is 6.54 Å². The third-order valence-electron chi connectivity index (χ3n) is 3.92. The monoisotopic (exact) mass is 335 g/mol. The van der Waals surface area contributed by atoms with Gasteiger partial charge in [0.05, 0.1) is 23.3 Å². The molecule has 0 saturated heterocycles. The SMILES string of the molecule is N=Nc1cccc2c1c(-c1nncs1)c(O)n2Cc1ccccc1. The summed E-state index contributed by atoms with van der Waals surface area (Å²) in [6.07, 6.45) is 0. The Morgan fingerprint density at radius 3 is 2.67 bits per heavy atom. The second-order valence-electron chi connectivity index (χ2n) is 5.30. The number of hydrogen-bond donors (Lipinski definition) is 2. The van der Waals surface area contributed by atoms with Gasteiger partial charge < -0.3 is 9.67 Å². The fourth-order valence-electron chi connectivity index (χ4n) is 2.87. The van der Waals surface area contributed by atoms with E-state index in [-0.39, 0.29) is 5.88 Å². The van der Waals surface area contributed by atoms with Crippen molar-refractivity contribution in [2.75, 3.05) is 0 Å². The standard InChI is InChI=1S/C17H13N5OS/c18-20-12-7-4-8-13-14(12)15(16-21-19-10-24-16)17(23)22(13)9-11-5-2-1-3-6-11/h1-8,10,18,23H,9H2. The quantitative estimate of drug-likeness (QED) is 0.535. The summed E-state index contributed by atoms with van der Waals surface area (Å²) in [7, 11) is 0. The largest absolute Gasteiger partial charge is 0.494 e. The van der Waals surface area contributed by atoms with Gasteiger partial charge in [-0.1, -0.05) is 47.7 Å². The molecule has 0 spiro atoms. The lowest BCUT2D eigenvalue weighted by Gasteiger charge is -2.07. The van der Waals surface area contributed by atoms with Gasteiger partial charge in [-0.3, -0.25) is 0 Å². The van der Waals surface area contributed by atoms with Crippen LogP contribution in [0.3, 0.4) is 0 Å². The zero-order chi connectivity index (χ0) is 16.5. The van der Waals surface area contributed by atoms with Crippen LogP contribution in [0.5, 0.6) is 5.88 Å². The van der Waals surface area contributed by atoms with Crippen LogP contribution in [0.15, 0.2) is 59.2 Å². The van der Waals surface area contributed by atoms with Crippen molar-refractivity contribution in [3.63, 3.8) is 0 Å². The molecule has 118 valence electrons. The number of hydrogen-bond acceptors (Lipinski definition) is 6. The molecule has 0 unspecified atom stereocenters. The summed E-state index contributed by atoms with van der Waals surface area (Å²) in [5.74, 6) is 0.113. The molecule has 24 heavy (non-hydrogen) atoms. The molecule has 0 aliphatic rings. The number of nitrogens with one attached hydrogen (secondary N) is 1. The molecule has 2 N–H and O–H groups in total. The van der Waals surface area contributed by atoms with Gasteiger partial charge in [-0.05, 0) is 17.7 Å². The molecular formula is C17H13N5OS. The molecule has 0 radical (unpaired) electrons. The average Bonchev–Trinajstić information content (AvgIpc) is 3.23. The highest BCUT2D eigenvalue weighted by Gasteiger charge is 2.22. The minimum Gasteiger partial charge on any atom is -0.494 e. The molecule has 2 aromatic heterocycles. The Morgan fingerprint density at radius 2 is 1.96 bits per heavy atom. The van der Waals surface area contributed by atoms with Gasteiger partial charge in [0.1, 0.15) is 5.51 Å². The van der Waals surface area contributed by atoms with E-state index in [1.165, 1.54) is 11.3 Å². The Bertz CT molecular complexity index is 1010. The predicted molar refractivity (Wildman–Crippen MR) is 92.9 cm³/mol. The third kappa shape index (κ3) is 2.26. The molecular weight excluding hydrogens is 322 g/mol. The molecule has 4 rings (SSSR count). The van der Waals surface area contributed by atoms with Gasteiger partial charge in [0.15, 0.2) is 5.01 Å². The minimum absolute atomic E-state index is 0.113. The number of aromatic nitrogens is 3. The zero-order valence-corrected chi connectivity index (χ0v) is 13.4. The van der Waals surface area contributed by atoms with Gasteiger partial charge in [0, 0.05) is 5.39 Å². The van der Waals surface area contributed by atoms with Crippen molar-refractivity contribution >= 4 is 27.9 Å². The Kier molecular flexibility index (Phi) is 3.55. The highest BCUT2D eigenvalue weighted by Crippen LogP contribution is 2.44. The van der Waals surface area contributed by atoms with Crippen LogP contribution in [0, 0.1) is 5.53 Å². The summed E-state index contributed by atoms with van der Waals surface area (Å²) in [5, 5.41) is 23.8. The maximum absolute atomic E-state index is 10.9. The Morgan fingerprint density at radius 1 is 1.12 bits per heavy atom. The summed E-state index contributed by atoms with van der Waals surface area (Å²) in [5.41, 5.74) is 12.0. The number of aromatic hydroxyl groups is 1. The van der Waals surface area contributed by atoms with E-state index in [1.54, 1.807) is 11.6 Å². The molecule has 0 fully saturated rings. The summed E-state index contributed by atoms with van der Waals surface area (Å²) in [4.78, 5) is 0. The third-order valence-corrected chi connectivity index (χ3v) is 4.63. The normalized spacial score (nSPS) is 11.0. The number of rotatable bonds is 4. The molecule has 7 heteroatoms. The van der Waals surface area contributed by atoms with E-state index in [2.05, 4.69) is 15.3 Å². The van der Waals surface area contributed by atoms with Crippen molar-refractivity contribution in [2.24, 2.45) is 5.11 Å². The van der Waals surface area contributed by atoms with Crippen LogP contribution in [0.25, 0.3) is 21.5 Å². The van der Waals surface area contributed by atoms with Crippen molar-refractivity contribution in [3.05, 3.63) is 59.6 Å². The Labute approximate surface area is 141 Å². The van der Waals surface area contributed by atoms with Crippen LogP contribution in [-0.4, -0.2) is 19.9 Å². The molecule has 0 atom stereocenters. The maximum atomic E-state index is 10.9. The Balaban J connectivity index is 2.01. The summed E-state index contributed by atoms with van der Waals surface area (Å²) < 4.78 is 1.82. The second kappa shape index (κ2) is 5.86. The summed E-state index contributed by atoms with van der Waals surface area (Å²) in [6, 6.07) is 15.4. The van der Waals surface area contributed by atoms with Crippen LogP contribution < -0.4 is 0 Å². The molecule has 0 aliphatic heterocycles. The van der Waals surface area contributed by atoms with Crippen molar-refractivity contribution in [3.8, 4) is 16.5 Å². The van der Waals surface area contributed by atoms with E-state index in [4.69, 9.17) is 5.53 Å². The molecule has 0 amide bonds. The predicted octanol–water partition coefficient (Wildman–Crippen LogP) is 4.58. The van der Waals surface area contributed by atoms with Crippen molar-refractivity contribution < 1.29 is 5.11 Å². The van der Waals surface area contributed by atoms with E-state index >= 15 is 0 Å². The maximum Gasteiger partial charge on any atom is 0.203 e. The molecule has 0 bridgehead atoms. The number of nitrogens with zero attached hydrogens (tertiary/aromatic N) is 4. The van der Waals surface area contributed by atoms with E-state index in [0.29, 0.717) is 22.8 Å². The van der Waals surface area contributed by atoms with Gasteiger partial charge in [0.2, 0.25) is 5.88 Å². The lowest BCUT2D eigenvalue weighted by atomic mass is 10.1. The molecule has 6 nitrogen and oxygen atoms in total. The average molecular weight is 335 g/mol. The first kappa shape index (κ1) is 14.5. The molecule has 4 aromatic rings. The fourth-order valence-corrected chi connectivity index (χ4v) is 3.47.